The number of piperidine rings is 1. The van der Waals surface area contributed by atoms with Gasteiger partial charge in [0.2, 0.25) is 0 Å². The van der Waals surface area contributed by atoms with E-state index >= 15 is 0 Å². The van der Waals surface area contributed by atoms with E-state index in [0.29, 0.717) is 5.92 Å². The van der Waals surface area contributed by atoms with E-state index in [-0.39, 0.29) is 30.7 Å². The van der Waals surface area contributed by atoms with Crippen LogP contribution < -0.4 is 15.5 Å². The molecule has 1 amide bonds. The largest absolute Gasteiger partial charge is 0.375 e. The van der Waals surface area contributed by atoms with Gasteiger partial charge in [0.25, 0.3) is 5.91 Å². The van der Waals surface area contributed by atoms with Crippen molar-refractivity contribution >= 4 is 36.4 Å². The number of nitrogens with one attached hydrogen (secondary N) is 2. The lowest BCUT2D eigenvalue weighted by molar-refractivity contribution is 0.0945. The standard InChI is InChI=1S/C18H29N3O.2ClH/c1-3-4-12-21(2)17-9-7-16(8-10-17)18(22)20-14-15-6-5-11-19-13-15;;/h7-10,15,19H,3-6,11-14H2,1-2H3,(H,20,22);2*1H. The maximum absolute atomic E-state index is 12.2. The molecule has 1 fully saturated rings. The molecule has 1 saturated heterocycles. The molecule has 1 aliphatic rings. The highest BCUT2D eigenvalue weighted by Gasteiger charge is 2.14. The van der Waals surface area contributed by atoms with Gasteiger partial charge in [0, 0.05) is 31.4 Å². The monoisotopic (exact) mass is 375 g/mol. The third-order valence-corrected chi connectivity index (χ3v) is 4.37. The summed E-state index contributed by atoms with van der Waals surface area (Å²) in [6, 6.07) is 7.91. The molecular weight excluding hydrogens is 345 g/mol. The SMILES string of the molecule is CCCCN(C)c1ccc(C(=O)NCC2CCCNC2)cc1.Cl.Cl. The van der Waals surface area contributed by atoms with Gasteiger partial charge in [0.15, 0.2) is 0 Å². The zero-order valence-electron chi connectivity index (χ0n) is 14.7. The number of amides is 1. The molecule has 0 spiro atoms. The Morgan fingerprint density at radius 1 is 1.29 bits per heavy atom. The van der Waals surface area contributed by atoms with E-state index in [0.717, 1.165) is 31.7 Å². The number of hydrogen-bond donors (Lipinski definition) is 2. The number of nitrogens with zero attached hydrogens (tertiary/aromatic N) is 1. The minimum atomic E-state index is 0. The zero-order valence-corrected chi connectivity index (χ0v) is 16.3. The van der Waals surface area contributed by atoms with Gasteiger partial charge >= 0.3 is 0 Å². The normalized spacial score (nSPS) is 16.5. The fourth-order valence-corrected chi connectivity index (χ4v) is 2.83. The van der Waals surface area contributed by atoms with Gasteiger partial charge in [-0.3, -0.25) is 4.79 Å². The Balaban J connectivity index is 0.00000264. The predicted octanol–water partition coefficient (Wildman–Crippen LogP) is 3.50. The van der Waals surface area contributed by atoms with Crippen LogP contribution in [0.15, 0.2) is 24.3 Å². The molecule has 0 radical (unpaired) electrons. The molecule has 1 aromatic rings. The minimum absolute atomic E-state index is 0. The molecule has 1 aromatic carbocycles. The van der Waals surface area contributed by atoms with Gasteiger partial charge in [0.1, 0.15) is 0 Å². The Bertz CT molecular complexity index is 462. The Morgan fingerprint density at radius 2 is 2.00 bits per heavy atom. The van der Waals surface area contributed by atoms with Crippen LogP contribution in [0.1, 0.15) is 43.0 Å². The first-order chi connectivity index (χ1) is 10.7. The van der Waals surface area contributed by atoms with Crippen LogP contribution in [0.5, 0.6) is 0 Å². The smallest absolute Gasteiger partial charge is 0.251 e. The number of carbonyl (C=O) groups excluding carboxylic acids is 1. The van der Waals surface area contributed by atoms with Crippen LogP contribution >= 0.6 is 24.8 Å². The number of halogens is 2. The second-order valence-electron chi connectivity index (χ2n) is 6.24. The summed E-state index contributed by atoms with van der Waals surface area (Å²) in [5, 5.41) is 6.44. The highest BCUT2D eigenvalue weighted by atomic mass is 35.5. The molecule has 6 heteroatoms. The summed E-state index contributed by atoms with van der Waals surface area (Å²) in [7, 11) is 2.10. The van der Waals surface area contributed by atoms with E-state index in [2.05, 4.69) is 29.5 Å². The number of carbonyl (C=O) groups is 1. The number of benzene rings is 1. The maximum atomic E-state index is 12.2. The van der Waals surface area contributed by atoms with Crippen LogP contribution in [0.2, 0.25) is 0 Å². The quantitative estimate of drug-likeness (QED) is 0.766. The van der Waals surface area contributed by atoms with Crippen LogP contribution in [-0.4, -0.2) is 39.1 Å². The summed E-state index contributed by atoms with van der Waals surface area (Å²) in [5.74, 6) is 0.602. The first kappa shape index (κ1) is 23.0. The Morgan fingerprint density at radius 3 is 2.58 bits per heavy atom. The lowest BCUT2D eigenvalue weighted by Crippen LogP contribution is -2.38. The van der Waals surface area contributed by atoms with Crippen molar-refractivity contribution in [2.24, 2.45) is 5.92 Å². The van der Waals surface area contributed by atoms with Crippen LogP contribution in [-0.2, 0) is 0 Å². The molecule has 1 heterocycles. The van der Waals surface area contributed by atoms with Gasteiger partial charge in [0.05, 0.1) is 0 Å². The lowest BCUT2D eigenvalue weighted by atomic mass is 9.99. The summed E-state index contributed by atoms with van der Waals surface area (Å²) < 4.78 is 0. The molecule has 4 nitrogen and oxygen atoms in total. The minimum Gasteiger partial charge on any atom is -0.375 e. The highest BCUT2D eigenvalue weighted by Crippen LogP contribution is 2.15. The third kappa shape index (κ3) is 7.29. The van der Waals surface area contributed by atoms with Gasteiger partial charge in [-0.05, 0) is 62.5 Å². The van der Waals surface area contributed by atoms with Crippen molar-refractivity contribution in [2.45, 2.75) is 32.6 Å². The average Bonchev–Trinajstić information content (AvgIpc) is 2.58. The molecule has 0 aromatic heterocycles. The second kappa shape index (κ2) is 12.4. The molecule has 1 atom stereocenters. The Kier molecular flexibility index (Phi) is 11.9. The van der Waals surface area contributed by atoms with Gasteiger partial charge in [-0.1, -0.05) is 13.3 Å². The molecule has 1 unspecified atom stereocenters. The topological polar surface area (TPSA) is 44.4 Å². The molecule has 138 valence electrons. The maximum Gasteiger partial charge on any atom is 0.251 e. The highest BCUT2D eigenvalue weighted by molar-refractivity contribution is 5.94. The van der Waals surface area contributed by atoms with Crippen molar-refractivity contribution < 1.29 is 4.79 Å². The first-order valence-electron chi connectivity index (χ1n) is 8.51. The molecule has 0 saturated carbocycles. The molecule has 0 bridgehead atoms. The molecule has 1 aliphatic heterocycles. The van der Waals surface area contributed by atoms with Crippen molar-refractivity contribution in [1.29, 1.82) is 0 Å². The van der Waals surface area contributed by atoms with Crippen LogP contribution in [0, 0.1) is 5.92 Å². The van der Waals surface area contributed by atoms with E-state index in [1.165, 1.54) is 31.4 Å². The van der Waals surface area contributed by atoms with Crippen LogP contribution in [0.25, 0.3) is 0 Å². The lowest BCUT2D eigenvalue weighted by Gasteiger charge is -2.23. The molecule has 0 aliphatic carbocycles. The van der Waals surface area contributed by atoms with Crippen molar-refractivity contribution in [2.75, 3.05) is 38.1 Å². The summed E-state index contributed by atoms with van der Waals surface area (Å²) in [5.41, 5.74) is 1.91. The van der Waals surface area contributed by atoms with Crippen molar-refractivity contribution in [1.82, 2.24) is 10.6 Å². The van der Waals surface area contributed by atoms with Crippen molar-refractivity contribution in [3.63, 3.8) is 0 Å². The first-order valence-corrected chi connectivity index (χ1v) is 8.51. The molecule has 2 N–H and O–H groups in total. The average molecular weight is 376 g/mol. The number of unbranched alkanes of at least 4 members (excludes halogenated alkanes) is 1. The molecule has 24 heavy (non-hydrogen) atoms. The van der Waals surface area contributed by atoms with Crippen LogP contribution in [0.4, 0.5) is 5.69 Å². The fourth-order valence-electron chi connectivity index (χ4n) is 2.83. The number of rotatable bonds is 7. The summed E-state index contributed by atoms with van der Waals surface area (Å²) in [6.45, 7) is 6.14. The van der Waals surface area contributed by atoms with Gasteiger partial charge < -0.3 is 15.5 Å². The van der Waals surface area contributed by atoms with Gasteiger partial charge in [-0.2, -0.15) is 0 Å². The van der Waals surface area contributed by atoms with Gasteiger partial charge in [-0.25, -0.2) is 0 Å². The Hall–Kier alpha value is -0.970. The molecular formula is C18H31Cl2N3O. The summed E-state index contributed by atoms with van der Waals surface area (Å²) in [6.07, 6.45) is 4.79. The van der Waals surface area contributed by atoms with Crippen LogP contribution in [0.3, 0.4) is 0 Å². The van der Waals surface area contributed by atoms with E-state index in [9.17, 15) is 4.79 Å². The molecule has 2 rings (SSSR count). The van der Waals surface area contributed by atoms with Crippen molar-refractivity contribution in [3.05, 3.63) is 29.8 Å². The second-order valence-corrected chi connectivity index (χ2v) is 6.24. The van der Waals surface area contributed by atoms with Crippen molar-refractivity contribution in [3.8, 4) is 0 Å². The van der Waals surface area contributed by atoms with E-state index in [1.807, 2.05) is 24.3 Å². The third-order valence-electron chi connectivity index (χ3n) is 4.37. The zero-order chi connectivity index (χ0) is 15.8. The Labute approximate surface area is 158 Å². The van der Waals surface area contributed by atoms with E-state index in [4.69, 9.17) is 0 Å². The number of hydrogen-bond acceptors (Lipinski definition) is 3. The summed E-state index contributed by atoms with van der Waals surface area (Å²) >= 11 is 0. The number of anilines is 1. The fraction of sp³-hybridized carbons (Fsp3) is 0.611. The van der Waals surface area contributed by atoms with Gasteiger partial charge in [-0.15, -0.1) is 24.8 Å². The summed E-state index contributed by atoms with van der Waals surface area (Å²) in [4.78, 5) is 14.4. The van der Waals surface area contributed by atoms with E-state index in [1.54, 1.807) is 0 Å². The van der Waals surface area contributed by atoms with E-state index < -0.39 is 0 Å². The predicted molar refractivity (Wildman–Crippen MR) is 107 cm³/mol.